The van der Waals surface area contributed by atoms with Crippen LogP contribution in [0.1, 0.15) is 46.3 Å². The number of benzene rings is 3. The molecule has 4 rings (SSSR count). The second-order valence-corrected chi connectivity index (χ2v) is 10.6. The van der Waals surface area contributed by atoms with Gasteiger partial charge in [0.1, 0.15) is 18.2 Å². The van der Waals surface area contributed by atoms with Crippen molar-refractivity contribution in [1.29, 1.82) is 5.26 Å². The molecular weight excluding hydrogens is 577 g/mol. The summed E-state index contributed by atoms with van der Waals surface area (Å²) in [6.45, 7) is 0.276. The second kappa shape index (κ2) is 14.1. The van der Waals surface area contributed by atoms with Crippen molar-refractivity contribution in [3.63, 3.8) is 0 Å². The number of amides is 3. The van der Waals surface area contributed by atoms with E-state index in [4.69, 9.17) is 28.9 Å². The highest BCUT2D eigenvalue weighted by atomic mass is 35.5. The summed E-state index contributed by atoms with van der Waals surface area (Å²) in [5.74, 6) is -1.65. The van der Waals surface area contributed by atoms with Crippen LogP contribution in [0.5, 0.6) is 0 Å². The first-order chi connectivity index (χ1) is 20.2. The normalized spacial score (nSPS) is 14.7. The van der Waals surface area contributed by atoms with Gasteiger partial charge in [-0.2, -0.15) is 5.26 Å². The Kier molecular flexibility index (Phi) is 10.3. The molecule has 3 aromatic rings. The van der Waals surface area contributed by atoms with Gasteiger partial charge in [-0.15, -0.1) is 0 Å². The lowest BCUT2D eigenvalue weighted by Gasteiger charge is -2.36. The third kappa shape index (κ3) is 7.15. The Balaban J connectivity index is 1.51. The number of hydrogen-bond donors (Lipinski definition) is 3. The SMILES string of the molecule is N#Cc1c(NC(=O)[C@H](CCN)NC(=O)[C@@H]2Cc3ccccc3CN2C(=O)CCC(=O)c2ccccc2)ccc(Cl)c1Cl. The fraction of sp³-hybridized carbons (Fsp3) is 0.258. The van der Waals surface area contributed by atoms with Gasteiger partial charge in [0.25, 0.3) is 0 Å². The number of ketones is 1. The maximum absolute atomic E-state index is 13.7. The van der Waals surface area contributed by atoms with Gasteiger partial charge in [0.15, 0.2) is 5.78 Å². The molecule has 0 aromatic heterocycles. The molecule has 0 spiro atoms. The largest absolute Gasteiger partial charge is 0.342 e. The van der Waals surface area contributed by atoms with Crippen LogP contribution in [-0.2, 0) is 27.3 Å². The molecule has 0 saturated carbocycles. The molecule has 0 unspecified atom stereocenters. The van der Waals surface area contributed by atoms with Gasteiger partial charge in [-0.3, -0.25) is 19.2 Å². The van der Waals surface area contributed by atoms with Crippen molar-refractivity contribution in [1.82, 2.24) is 10.2 Å². The minimum absolute atomic E-state index is 0.00157. The molecule has 216 valence electrons. The number of hydrogen-bond acceptors (Lipinski definition) is 6. The first kappa shape index (κ1) is 30.7. The number of nitrogens with zero attached hydrogens (tertiary/aromatic N) is 2. The average Bonchev–Trinajstić information content (AvgIpc) is 3.01. The van der Waals surface area contributed by atoms with Crippen molar-refractivity contribution in [2.75, 3.05) is 11.9 Å². The van der Waals surface area contributed by atoms with Gasteiger partial charge in [0, 0.05) is 31.4 Å². The van der Waals surface area contributed by atoms with Crippen LogP contribution in [0.4, 0.5) is 5.69 Å². The molecule has 3 aromatic carbocycles. The van der Waals surface area contributed by atoms with E-state index in [1.165, 1.54) is 17.0 Å². The number of anilines is 1. The Bertz CT molecular complexity index is 1540. The van der Waals surface area contributed by atoms with Crippen LogP contribution in [0, 0.1) is 11.3 Å². The molecule has 0 saturated heterocycles. The van der Waals surface area contributed by atoms with Gasteiger partial charge in [0.05, 0.1) is 21.3 Å². The number of rotatable bonds is 10. The van der Waals surface area contributed by atoms with Gasteiger partial charge in [-0.05, 0) is 36.2 Å². The van der Waals surface area contributed by atoms with Gasteiger partial charge < -0.3 is 21.3 Å². The molecular formula is C31H29Cl2N5O4. The van der Waals surface area contributed by atoms with Crippen molar-refractivity contribution in [3.8, 4) is 6.07 Å². The van der Waals surface area contributed by atoms with E-state index >= 15 is 0 Å². The summed E-state index contributed by atoms with van der Waals surface area (Å²) in [5.41, 5.74) is 8.21. The lowest BCUT2D eigenvalue weighted by molar-refractivity contribution is -0.142. The van der Waals surface area contributed by atoms with E-state index in [0.29, 0.717) is 5.56 Å². The summed E-state index contributed by atoms with van der Waals surface area (Å²) in [5, 5.41) is 15.0. The second-order valence-electron chi connectivity index (χ2n) is 9.82. The van der Waals surface area contributed by atoms with Crippen LogP contribution in [0.2, 0.25) is 10.0 Å². The first-order valence-electron chi connectivity index (χ1n) is 13.4. The molecule has 1 aliphatic rings. The Hall–Kier alpha value is -4.23. The first-order valence-corrected chi connectivity index (χ1v) is 14.1. The van der Waals surface area contributed by atoms with Gasteiger partial charge in [-0.1, -0.05) is 77.8 Å². The van der Waals surface area contributed by atoms with Crippen molar-refractivity contribution < 1.29 is 19.2 Å². The number of Topliss-reactive ketones (excluding diaryl/α,β-unsaturated/α-hetero) is 1. The smallest absolute Gasteiger partial charge is 0.247 e. The quantitative estimate of drug-likeness (QED) is 0.294. The van der Waals surface area contributed by atoms with Gasteiger partial charge >= 0.3 is 0 Å². The van der Waals surface area contributed by atoms with E-state index in [-0.39, 0.29) is 71.8 Å². The zero-order valence-corrected chi connectivity index (χ0v) is 24.1. The number of nitrogens with two attached hydrogens (primary N) is 1. The Morgan fingerprint density at radius 1 is 0.976 bits per heavy atom. The number of halogens is 2. The maximum atomic E-state index is 13.7. The van der Waals surface area contributed by atoms with Crippen molar-refractivity contribution >= 4 is 52.4 Å². The summed E-state index contributed by atoms with van der Waals surface area (Å²) in [6.07, 6.45) is 0.269. The number of nitriles is 1. The highest BCUT2D eigenvalue weighted by Gasteiger charge is 2.36. The molecule has 0 fully saturated rings. The molecule has 1 aliphatic heterocycles. The third-order valence-electron chi connectivity index (χ3n) is 7.09. The van der Waals surface area contributed by atoms with Gasteiger partial charge in [-0.25, -0.2) is 0 Å². The molecule has 0 bridgehead atoms. The van der Waals surface area contributed by atoms with E-state index < -0.39 is 23.9 Å². The minimum Gasteiger partial charge on any atom is -0.342 e. The van der Waals surface area contributed by atoms with Crippen LogP contribution in [-0.4, -0.2) is 47.0 Å². The molecule has 42 heavy (non-hydrogen) atoms. The van der Waals surface area contributed by atoms with Crippen molar-refractivity contribution in [2.45, 2.75) is 44.3 Å². The standard InChI is InChI=1S/C31H29Cl2N5O4/c32-23-10-11-24(22(17-35)29(23)33)36-30(41)25(14-15-34)37-31(42)26-16-20-8-4-5-9-21(20)18-38(26)28(40)13-12-27(39)19-6-2-1-3-7-19/h1-11,25-26H,12-16,18,34H2,(H,36,41)(H,37,42)/t25-,26-/m0/s1. The number of nitrogens with one attached hydrogen (secondary N) is 2. The molecule has 4 N–H and O–H groups in total. The number of carbonyl (C=O) groups excluding carboxylic acids is 4. The van der Waals surface area contributed by atoms with Crippen LogP contribution in [0.15, 0.2) is 66.7 Å². The molecule has 9 nitrogen and oxygen atoms in total. The zero-order valence-electron chi connectivity index (χ0n) is 22.6. The summed E-state index contributed by atoms with van der Waals surface area (Å²) in [7, 11) is 0. The summed E-state index contributed by atoms with van der Waals surface area (Å²) in [4.78, 5) is 54.4. The van der Waals surface area contributed by atoms with Crippen LogP contribution in [0.25, 0.3) is 0 Å². The van der Waals surface area contributed by atoms with Crippen LogP contribution < -0.4 is 16.4 Å². The zero-order chi connectivity index (χ0) is 30.2. The highest BCUT2D eigenvalue weighted by molar-refractivity contribution is 6.43. The minimum atomic E-state index is -1.06. The molecule has 2 atom stereocenters. The number of carbonyl (C=O) groups is 4. The maximum Gasteiger partial charge on any atom is 0.247 e. The molecule has 0 radical (unpaired) electrons. The predicted octanol–water partition coefficient (Wildman–Crippen LogP) is 4.25. The van der Waals surface area contributed by atoms with Crippen LogP contribution in [0.3, 0.4) is 0 Å². The van der Waals surface area contributed by atoms with Gasteiger partial charge in [0.2, 0.25) is 17.7 Å². The Morgan fingerprint density at radius 3 is 2.36 bits per heavy atom. The Morgan fingerprint density at radius 2 is 1.67 bits per heavy atom. The summed E-state index contributed by atoms with van der Waals surface area (Å²) in [6, 6.07) is 19.1. The number of fused-ring (bicyclic) bond motifs is 1. The van der Waals surface area contributed by atoms with E-state index in [9.17, 15) is 24.4 Å². The lowest BCUT2D eigenvalue weighted by Crippen LogP contribution is -2.56. The van der Waals surface area contributed by atoms with E-state index in [1.54, 1.807) is 24.3 Å². The fourth-order valence-corrected chi connectivity index (χ4v) is 5.20. The monoisotopic (exact) mass is 605 g/mol. The fourth-order valence-electron chi connectivity index (χ4n) is 4.84. The third-order valence-corrected chi connectivity index (χ3v) is 7.89. The molecule has 1 heterocycles. The molecule has 11 heteroatoms. The van der Waals surface area contributed by atoms with E-state index in [1.807, 2.05) is 36.4 Å². The average molecular weight is 607 g/mol. The summed E-state index contributed by atoms with van der Waals surface area (Å²) < 4.78 is 0. The topological polar surface area (TPSA) is 145 Å². The molecule has 0 aliphatic carbocycles. The highest BCUT2D eigenvalue weighted by Crippen LogP contribution is 2.31. The lowest BCUT2D eigenvalue weighted by atomic mass is 9.92. The van der Waals surface area contributed by atoms with Crippen LogP contribution >= 0.6 is 23.2 Å². The molecule has 3 amide bonds. The summed E-state index contributed by atoms with van der Waals surface area (Å²) >= 11 is 12.1. The van der Waals surface area contributed by atoms with Crippen molar-refractivity contribution in [3.05, 3.63) is 99.0 Å². The van der Waals surface area contributed by atoms with Crippen molar-refractivity contribution in [2.24, 2.45) is 5.73 Å². The van der Waals surface area contributed by atoms with E-state index in [2.05, 4.69) is 10.6 Å². The Labute approximate surface area is 253 Å². The predicted molar refractivity (Wildman–Crippen MR) is 160 cm³/mol. The van der Waals surface area contributed by atoms with E-state index in [0.717, 1.165) is 11.1 Å².